The van der Waals surface area contributed by atoms with Gasteiger partial charge in [0.15, 0.2) is 28.6 Å². The number of halogens is 2. The lowest BCUT2D eigenvalue weighted by molar-refractivity contribution is 0.122. The Morgan fingerprint density at radius 2 is 1.79 bits per heavy atom. The van der Waals surface area contributed by atoms with E-state index in [0.29, 0.717) is 66.4 Å². The number of aromatic nitrogens is 7. The van der Waals surface area contributed by atoms with Crippen LogP contribution >= 0.6 is 0 Å². The third-order valence-electron chi connectivity index (χ3n) is 6.56. The molecule has 0 aliphatic carbocycles. The van der Waals surface area contributed by atoms with Crippen molar-refractivity contribution in [2.24, 2.45) is 0 Å². The van der Waals surface area contributed by atoms with E-state index in [1.54, 1.807) is 6.33 Å². The first-order valence-corrected chi connectivity index (χ1v) is 12.1. The molecule has 0 atom stereocenters. The Bertz CT molecular complexity index is 1810. The van der Waals surface area contributed by atoms with E-state index < -0.39 is 11.6 Å². The lowest BCUT2D eigenvalue weighted by Crippen LogP contribution is -2.37. The molecule has 2 aromatic carbocycles. The average Bonchev–Trinajstić information content (AvgIpc) is 3.59. The van der Waals surface area contributed by atoms with E-state index in [-0.39, 0.29) is 12.1 Å². The van der Waals surface area contributed by atoms with Crippen molar-refractivity contribution in [1.29, 1.82) is 0 Å². The van der Waals surface area contributed by atoms with Crippen LogP contribution in [0.25, 0.3) is 38.8 Å². The Morgan fingerprint density at radius 1 is 0.947 bits per heavy atom. The van der Waals surface area contributed by atoms with Crippen molar-refractivity contribution >= 4 is 44.7 Å². The number of nitrogens with zero attached hydrogens (tertiary/aromatic N) is 7. The maximum Gasteiger partial charge on any atom is 0.229 e. The van der Waals surface area contributed by atoms with Crippen molar-refractivity contribution in [2.75, 3.05) is 36.5 Å². The molecule has 1 saturated heterocycles. The summed E-state index contributed by atoms with van der Waals surface area (Å²) in [5.74, 6) is 0.208. The van der Waals surface area contributed by atoms with Gasteiger partial charge in [0.05, 0.1) is 25.3 Å². The van der Waals surface area contributed by atoms with E-state index in [1.165, 1.54) is 6.07 Å². The van der Waals surface area contributed by atoms with Crippen LogP contribution in [-0.4, -0.2) is 60.8 Å². The predicted molar refractivity (Wildman–Crippen MR) is 138 cm³/mol. The van der Waals surface area contributed by atoms with Crippen molar-refractivity contribution in [1.82, 2.24) is 34.5 Å². The minimum absolute atomic E-state index is 0.0460. The summed E-state index contributed by atoms with van der Waals surface area (Å²) in [6.07, 6.45) is 3.49. The number of nitrogens with one attached hydrogen (secondary N) is 2. The van der Waals surface area contributed by atoms with Gasteiger partial charge < -0.3 is 19.9 Å². The highest BCUT2D eigenvalue weighted by Gasteiger charge is 2.21. The van der Waals surface area contributed by atoms with Crippen molar-refractivity contribution in [3.63, 3.8) is 0 Å². The molecular weight excluding hydrogens is 492 g/mol. The number of aromatic amines is 1. The molecule has 0 amide bonds. The third-order valence-corrected chi connectivity index (χ3v) is 6.56. The van der Waals surface area contributed by atoms with E-state index in [9.17, 15) is 8.78 Å². The zero-order chi connectivity index (χ0) is 25.6. The molecule has 0 radical (unpaired) electrons. The molecule has 4 aromatic heterocycles. The lowest BCUT2D eigenvalue weighted by Gasteiger charge is -2.27. The largest absolute Gasteiger partial charge is 0.378 e. The Balaban J connectivity index is 1.30. The fourth-order valence-electron chi connectivity index (χ4n) is 4.61. The second-order valence-electron chi connectivity index (χ2n) is 8.94. The molecular formula is C26H21F2N9O. The van der Waals surface area contributed by atoms with Gasteiger partial charge in [0, 0.05) is 24.7 Å². The van der Waals surface area contributed by atoms with Gasteiger partial charge in [-0.05, 0) is 23.6 Å². The molecule has 190 valence electrons. The zero-order valence-electron chi connectivity index (χ0n) is 20.0. The van der Waals surface area contributed by atoms with E-state index >= 15 is 0 Å². The number of morpholine rings is 1. The third kappa shape index (κ3) is 3.86. The van der Waals surface area contributed by atoms with Crippen LogP contribution < -0.4 is 10.2 Å². The summed E-state index contributed by atoms with van der Waals surface area (Å²) in [6, 6.07) is 12.5. The first-order valence-electron chi connectivity index (χ1n) is 12.1. The van der Waals surface area contributed by atoms with Crippen LogP contribution in [0, 0.1) is 11.6 Å². The Labute approximate surface area is 214 Å². The number of anilines is 2. The molecule has 12 heteroatoms. The minimum atomic E-state index is -0.981. The summed E-state index contributed by atoms with van der Waals surface area (Å²) < 4.78 is 35.1. The van der Waals surface area contributed by atoms with Gasteiger partial charge in [-0.3, -0.25) is 4.57 Å². The highest BCUT2D eigenvalue weighted by atomic mass is 19.2. The SMILES string of the molecule is Fc1ccc2[nH]c(CNc3nc(N4CCOCC4)nc4c3ncn4-c3cc4ccccc4cn3)nc2c1F. The van der Waals surface area contributed by atoms with Gasteiger partial charge in [0.2, 0.25) is 5.95 Å². The summed E-state index contributed by atoms with van der Waals surface area (Å²) in [5, 5.41) is 5.34. The maximum absolute atomic E-state index is 14.2. The highest BCUT2D eigenvalue weighted by Crippen LogP contribution is 2.27. The van der Waals surface area contributed by atoms with E-state index in [0.717, 1.165) is 16.8 Å². The molecule has 1 fully saturated rings. The quantitative estimate of drug-likeness (QED) is 0.357. The molecule has 2 N–H and O–H groups in total. The van der Waals surface area contributed by atoms with Gasteiger partial charge in [0.25, 0.3) is 0 Å². The molecule has 1 aliphatic heterocycles. The average molecular weight is 514 g/mol. The molecule has 0 unspecified atom stereocenters. The second kappa shape index (κ2) is 8.99. The predicted octanol–water partition coefficient (Wildman–Crippen LogP) is 3.97. The fourth-order valence-corrected chi connectivity index (χ4v) is 4.61. The molecule has 7 rings (SSSR count). The van der Waals surface area contributed by atoms with Gasteiger partial charge in [0.1, 0.15) is 23.5 Å². The van der Waals surface area contributed by atoms with Gasteiger partial charge in [-0.15, -0.1) is 0 Å². The summed E-state index contributed by atoms with van der Waals surface area (Å²) in [4.78, 5) is 28.1. The second-order valence-corrected chi connectivity index (χ2v) is 8.94. The first kappa shape index (κ1) is 22.5. The first-order chi connectivity index (χ1) is 18.6. The van der Waals surface area contributed by atoms with Crippen LogP contribution in [0.5, 0.6) is 0 Å². The van der Waals surface area contributed by atoms with E-state index in [4.69, 9.17) is 14.7 Å². The van der Waals surface area contributed by atoms with Crippen LogP contribution in [0.4, 0.5) is 20.5 Å². The number of hydrogen-bond donors (Lipinski definition) is 2. The smallest absolute Gasteiger partial charge is 0.229 e. The van der Waals surface area contributed by atoms with Gasteiger partial charge in [-0.2, -0.15) is 9.97 Å². The van der Waals surface area contributed by atoms with Crippen LogP contribution in [0.1, 0.15) is 5.82 Å². The van der Waals surface area contributed by atoms with Crippen molar-refractivity contribution in [2.45, 2.75) is 6.54 Å². The Kier molecular flexibility index (Phi) is 5.32. The maximum atomic E-state index is 14.2. The number of H-pyrrole nitrogens is 1. The summed E-state index contributed by atoms with van der Waals surface area (Å²) in [7, 11) is 0. The van der Waals surface area contributed by atoms with Gasteiger partial charge in [-0.1, -0.05) is 24.3 Å². The number of hydrogen-bond acceptors (Lipinski definition) is 8. The number of fused-ring (bicyclic) bond motifs is 3. The summed E-state index contributed by atoms with van der Waals surface area (Å²) >= 11 is 0. The fraction of sp³-hybridized carbons (Fsp3) is 0.192. The number of imidazole rings is 2. The van der Waals surface area contributed by atoms with Gasteiger partial charge in [-0.25, -0.2) is 23.7 Å². The number of benzene rings is 2. The molecule has 38 heavy (non-hydrogen) atoms. The number of ether oxygens (including phenoxy) is 1. The van der Waals surface area contributed by atoms with E-state index in [2.05, 4.69) is 30.2 Å². The molecule has 6 aromatic rings. The van der Waals surface area contributed by atoms with Crippen LogP contribution in [0.2, 0.25) is 0 Å². The van der Waals surface area contributed by atoms with Crippen LogP contribution in [0.3, 0.4) is 0 Å². The molecule has 0 saturated carbocycles. The Morgan fingerprint density at radius 3 is 2.66 bits per heavy atom. The topological polar surface area (TPSA) is 110 Å². The number of pyridine rings is 1. The molecule has 0 bridgehead atoms. The molecule has 5 heterocycles. The highest BCUT2D eigenvalue weighted by molar-refractivity contribution is 5.87. The van der Waals surface area contributed by atoms with E-state index in [1.807, 2.05) is 41.1 Å². The summed E-state index contributed by atoms with van der Waals surface area (Å²) in [5.41, 5.74) is 1.50. The Hall–Kier alpha value is -4.71. The monoisotopic (exact) mass is 513 g/mol. The number of rotatable bonds is 5. The standard InChI is InChI=1S/C26H21F2N9O/c27-17-5-6-18-22(21(17)28)33-19(32-18)13-30-24-23-25(35-26(34-24)36-7-9-38-10-8-36)37(14-31-23)20-11-15-3-1-2-4-16(15)12-29-20/h1-6,11-12,14H,7-10,13H2,(H,32,33)(H,30,34,35). The zero-order valence-corrected chi connectivity index (χ0v) is 20.0. The molecule has 10 nitrogen and oxygen atoms in total. The lowest BCUT2D eigenvalue weighted by atomic mass is 10.2. The van der Waals surface area contributed by atoms with Crippen molar-refractivity contribution < 1.29 is 13.5 Å². The van der Waals surface area contributed by atoms with Crippen molar-refractivity contribution in [3.05, 3.63) is 72.4 Å². The minimum Gasteiger partial charge on any atom is -0.378 e. The molecule has 1 aliphatic rings. The van der Waals surface area contributed by atoms with Gasteiger partial charge >= 0.3 is 0 Å². The normalized spacial score (nSPS) is 14.1. The summed E-state index contributed by atoms with van der Waals surface area (Å²) in [6.45, 7) is 2.66. The van der Waals surface area contributed by atoms with Crippen molar-refractivity contribution in [3.8, 4) is 5.82 Å². The van der Waals surface area contributed by atoms with Crippen LogP contribution in [0.15, 0.2) is 55.0 Å². The van der Waals surface area contributed by atoms with Crippen LogP contribution in [-0.2, 0) is 11.3 Å². The molecule has 0 spiro atoms.